The number of nitrogens with one attached hydrogen (secondary N) is 1. The third kappa shape index (κ3) is 4.40. The predicted octanol–water partition coefficient (Wildman–Crippen LogP) is 2.58. The van der Waals surface area contributed by atoms with Gasteiger partial charge in [-0.2, -0.15) is 0 Å². The van der Waals surface area contributed by atoms with Gasteiger partial charge in [-0.25, -0.2) is 13.1 Å². The van der Waals surface area contributed by atoms with E-state index >= 15 is 0 Å². The van der Waals surface area contributed by atoms with Crippen LogP contribution in [0.3, 0.4) is 0 Å². The Balaban J connectivity index is 2.16. The molecule has 0 saturated heterocycles. The molecule has 0 saturated carbocycles. The van der Waals surface area contributed by atoms with Crippen molar-refractivity contribution in [2.75, 3.05) is 6.61 Å². The summed E-state index contributed by atoms with van der Waals surface area (Å²) in [5, 5.41) is 0. The summed E-state index contributed by atoms with van der Waals surface area (Å²) in [7, 11) is -3.90. The Morgan fingerprint density at radius 2 is 1.61 bits per heavy atom. The smallest absolute Gasteiger partial charge is 0.264 e. The van der Waals surface area contributed by atoms with Gasteiger partial charge in [-0.05, 0) is 37.1 Å². The average Bonchev–Trinajstić information content (AvgIpc) is 2.55. The molecule has 2 aromatic rings. The molecule has 0 aliphatic carbocycles. The summed E-state index contributed by atoms with van der Waals surface area (Å²) >= 11 is 0. The molecule has 122 valence electrons. The lowest BCUT2D eigenvalue weighted by Gasteiger charge is -2.12. The van der Waals surface area contributed by atoms with Gasteiger partial charge in [0.1, 0.15) is 6.10 Å². The molecule has 0 fully saturated rings. The van der Waals surface area contributed by atoms with E-state index in [2.05, 4.69) is 0 Å². The molecule has 0 aliphatic heterocycles. The van der Waals surface area contributed by atoms with Crippen molar-refractivity contribution in [3.63, 3.8) is 0 Å². The lowest BCUT2D eigenvalue weighted by molar-refractivity contribution is -0.129. The van der Waals surface area contributed by atoms with Gasteiger partial charge in [0.2, 0.25) is 0 Å². The quantitative estimate of drug-likeness (QED) is 0.882. The SMILES string of the molecule is CCO[C@@H](C)C(=O)NS(=O)(=O)c1ccc(-c2ccccc2)cc1. The number of ether oxygens (including phenoxy) is 1. The Morgan fingerprint density at radius 1 is 1.04 bits per heavy atom. The summed E-state index contributed by atoms with van der Waals surface area (Å²) in [4.78, 5) is 11.8. The monoisotopic (exact) mass is 333 g/mol. The molecule has 1 amide bonds. The summed E-state index contributed by atoms with van der Waals surface area (Å²) in [6.45, 7) is 3.58. The van der Waals surface area contributed by atoms with E-state index in [9.17, 15) is 13.2 Å². The van der Waals surface area contributed by atoms with Crippen molar-refractivity contribution in [3.05, 3.63) is 54.6 Å². The van der Waals surface area contributed by atoms with E-state index in [1.54, 1.807) is 19.1 Å². The normalized spacial score (nSPS) is 12.6. The van der Waals surface area contributed by atoms with Crippen LogP contribution in [0.4, 0.5) is 0 Å². The van der Waals surface area contributed by atoms with Crippen LogP contribution in [0.25, 0.3) is 11.1 Å². The van der Waals surface area contributed by atoms with Gasteiger partial charge in [0.15, 0.2) is 0 Å². The minimum Gasteiger partial charge on any atom is -0.369 e. The first-order valence-electron chi connectivity index (χ1n) is 7.28. The third-order valence-electron chi connectivity index (χ3n) is 3.29. The van der Waals surface area contributed by atoms with Crippen LogP contribution in [0.5, 0.6) is 0 Å². The molecular weight excluding hydrogens is 314 g/mol. The van der Waals surface area contributed by atoms with E-state index in [1.807, 2.05) is 35.1 Å². The Morgan fingerprint density at radius 3 is 2.17 bits per heavy atom. The van der Waals surface area contributed by atoms with Crippen LogP contribution >= 0.6 is 0 Å². The zero-order chi connectivity index (χ0) is 16.9. The fourth-order valence-corrected chi connectivity index (χ4v) is 3.10. The fourth-order valence-electron chi connectivity index (χ4n) is 2.06. The third-order valence-corrected chi connectivity index (χ3v) is 4.66. The van der Waals surface area contributed by atoms with Crippen LogP contribution in [-0.2, 0) is 19.6 Å². The Bertz CT molecular complexity index is 755. The maximum atomic E-state index is 12.2. The van der Waals surface area contributed by atoms with Crippen LogP contribution in [0.2, 0.25) is 0 Å². The number of carbonyl (C=O) groups is 1. The lowest BCUT2D eigenvalue weighted by atomic mass is 10.1. The molecule has 2 aromatic carbocycles. The molecule has 6 heteroatoms. The standard InChI is InChI=1S/C17H19NO4S/c1-3-22-13(2)17(19)18-23(20,21)16-11-9-15(10-12-16)14-7-5-4-6-8-14/h4-13H,3H2,1-2H3,(H,18,19)/t13-/m0/s1. The molecule has 0 aliphatic rings. The molecule has 0 unspecified atom stereocenters. The molecule has 5 nitrogen and oxygen atoms in total. The largest absolute Gasteiger partial charge is 0.369 e. The molecule has 1 atom stereocenters. The highest BCUT2D eigenvalue weighted by atomic mass is 32.2. The van der Waals surface area contributed by atoms with Gasteiger partial charge in [-0.1, -0.05) is 42.5 Å². The van der Waals surface area contributed by atoms with Crippen LogP contribution in [0.15, 0.2) is 59.5 Å². The second kappa shape index (κ2) is 7.39. The van der Waals surface area contributed by atoms with Crippen LogP contribution in [0, 0.1) is 0 Å². The summed E-state index contributed by atoms with van der Waals surface area (Å²) < 4.78 is 31.5. The predicted molar refractivity (Wildman–Crippen MR) is 88.3 cm³/mol. The van der Waals surface area contributed by atoms with Gasteiger partial charge in [0, 0.05) is 6.61 Å². The molecule has 2 rings (SSSR count). The minimum atomic E-state index is -3.90. The second-order valence-corrected chi connectivity index (χ2v) is 6.64. The summed E-state index contributed by atoms with van der Waals surface area (Å²) in [5.41, 5.74) is 1.89. The van der Waals surface area contributed by atoms with Crippen molar-refractivity contribution in [2.45, 2.75) is 24.8 Å². The second-order valence-electron chi connectivity index (χ2n) is 4.96. The molecule has 0 spiro atoms. The van der Waals surface area contributed by atoms with Gasteiger partial charge in [0.05, 0.1) is 4.90 Å². The number of amides is 1. The highest BCUT2D eigenvalue weighted by Gasteiger charge is 2.21. The Kier molecular flexibility index (Phi) is 5.52. The van der Waals surface area contributed by atoms with Crippen molar-refractivity contribution in [1.29, 1.82) is 0 Å². The number of hydrogen-bond donors (Lipinski definition) is 1. The van der Waals surface area contributed by atoms with E-state index in [0.29, 0.717) is 6.61 Å². The zero-order valence-electron chi connectivity index (χ0n) is 13.0. The molecule has 0 heterocycles. The van der Waals surface area contributed by atoms with Crippen LogP contribution in [0.1, 0.15) is 13.8 Å². The molecule has 0 bridgehead atoms. The topological polar surface area (TPSA) is 72.5 Å². The van der Waals surface area contributed by atoms with Crippen LogP contribution in [-0.4, -0.2) is 27.0 Å². The fraction of sp³-hybridized carbons (Fsp3) is 0.235. The molecule has 0 aromatic heterocycles. The van der Waals surface area contributed by atoms with Crippen molar-refractivity contribution in [1.82, 2.24) is 4.72 Å². The highest BCUT2D eigenvalue weighted by Crippen LogP contribution is 2.20. The van der Waals surface area contributed by atoms with Crippen molar-refractivity contribution in [2.24, 2.45) is 0 Å². The zero-order valence-corrected chi connectivity index (χ0v) is 13.8. The average molecular weight is 333 g/mol. The van der Waals surface area contributed by atoms with Crippen molar-refractivity contribution in [3.8, 4) is 11.1 Å². The van der Waals surface area contributed by atoms with Gasteiger partial charge in [-0.15, -0.1) is 0 Å². The van der Waals surface area contributed by atoms with E-state index < -0.39 is 22.0 Å². The molecule has 23 heavy (non-hydrogen) atoms. The van der Waals surface area contributed by atoms with E-state index in [4.69, 9.17) is 4.74 Å². The summed E-state index contributed by atoms with van der Waals surface area (Å²) in [6.07, 6.45) is -0.821. The first-order chi connectivity index (χ1) is 10.9. The Hall–Kier alpha value is -2.18. The number of carbonyl (C=O) groups excluding carboxylic acids is 1. The summed E-state index contributed by atoms with van der Waals surface area (Å²) in [5.74, 6) is -0.681. The molecule has 0 radical (unpaired) electrons. The molecule has 1 N–H and O–H groups in total. The van der Waals surface area contributed by atoms with Crippen molar-refractivity contribution < 1.29 is 17.9 Å². The van der Waals surface area contributed by atoms with Gasteiger partial charge >= 0.3 is 0 Å². The van der Waals surface area contributed by atoms with Gasteiger partial charge in [0.25, 0.3) is 15.9 Å². The lowest BCUT2D eigenvalue weighted by Crippen LogP contribution is -2.38. The van der Waals surface area contributed by atoms with Crippen LogP contribution < -0.4 is 4.72 Å². The van der Waals surface area contributed by atoms with Gasteiger partial charge in [-0.3, -0.25) is 4.79 Å². The minimum absolute atomic E-state index is 0.0363. The summed E-state index contributed by atoms with van der Waals surface area (Å²) in [6, 6.07) is 16.0. The number of benzene rings is 2. The van der Waals surface area contributed by atoms with E-state index in [-0.39, 0.29) is 4.90 Å². The number of sulfonamides is 1. The maximum absolute atomic E-state index is 12.2. The first-order valence-corrected chi connectivity index (χ1v) is 8.76. The molecular formula is C17H19NO4S. The van der Waals surface area contributed by atoms with E-state index in [1.165, 1.54) is 19.1 Å². The van der Waals surface area contributed by atoms with Gasteiger partial charge < -0.3 is 4.74 Å². The first kappa shape index (κ1) is 17.2. The van der Waals surface area contributed by atoms with Crippen molar-refractivity contribution >= 4 is 15.9 Å². The number of hydrogen-bond acceptors (Lipinski definition) is 4. The Labute approximate surface area is 136 Å². The van der Waals surface area contributed by atoms with E-state index in [0.717, 1.165) is 11.1 Å². The highest BCUT2D eigenvalue weighted by molar-refractivity contribution is 7.90. The maximum Gasteiger partial charge on any atom is 0.264 e. The number of rotatable bonds is 6.